The van der Waals surface area contributed by atoms with Crippen molar-refractivity contribution in [2.45, 2.75) is 71.1 Å². The van der Waals surface area contributed by atoms with E-state index < -0.39 is 5.97 Å². The fourth-order valence-electron chi connectivity index (χ4n) is 1.87. The number of aliphatic hydroxyl groups is 1. The van der Waals surface area contributed by atoms with Gasteiger partial charge in [0, 0.05) is 12.8 Å². The highest BCUT2D eigenvalue weighted by Gasteiger charge is 1.94. The van der Waals surface area contributed by atoms with Crippen LogP contribution in [-0.4, -0.2) is 16.2 Å². The summed E-state index contributed by atoms with van der Waals surface area (Å²) in [5, 5.41) is 18.2. The number of rotatable bonds is 13. The molecule has 0 aliphatic rings. The number of aliphatic hydroxyl groups excluding tert-OH is 1. The monoisotopic (exact) mass is 294 g/mol. The van der Waals surface area contributed by atoms with Gasteiger partial charge in [-0.15, -0.1) is 0 Å². The van der Waals surface area contributed by atoms with Crippen molar-refractivity contribution in [1.82, 2.24) is 0 Å². The van der Waals surface area contributed by atoms with Gasteiger partial charge in [-0.25, -0.2) is 0 Å². The predicted octanol–water partition coefficient (Wildman–Crippen LogP) is 5.55. The first-order valence-corrected chi connectivity index (χ1v) is 8.06. The highest BCUT2D eigenvalue weighted by atomic mass is 16.4. The molecule has 3 heteroatoms. The summed E-state index contributed by atoms with van der Waals surface area (Å²) >= 11 is 0. The van der Waals surface area contributed by atoms with Crippen molar-refractivity contribution in [3.8, 4) is 0 Å². The van der Waals surface area contributed by atoms with E-state index in [1.54, 1.807) is 0 Å². The Labute approximate surface area is 129 Å². The first-order valence-electron chi connectivity index (χ1n) is 8.06. The number of hydrogen-bond acceptors (Lipinski definition) is 2. The molecule has 0 saturated carbocycles. The van der Waals surface area contributed by atoms with Crippen LogP contribution >= 0.6 is 0 Å². The molecule has 0 aromatic heterocycles. The van der Waals surface area contributed by atoms with Crippen molar-refractivity contribution >= 4 is 5.97 Å². The molecule has 0 bridgehead atoms. The lowest BCUT2D eigenvalue weighted by Gasteiger charge is -1.95. The van der Waals surface area contributed by atoms with Crippen molar-refractivity contribution in [2.24, 2.45) is 0 Å². The molecular formula is C18H30O3. The van der Waals surface area contributed by atoms with Crippen LogP contribution in [0.2, 0.25) is 0 Å². The summed E-state index contributed by atoms with van der Waals surface area (Å²) in [6.45, 7) is 2.20. The van der Waals surface area contributed by atoms with Gasteiger partial charge in [0.05, 0.1) is 5.76 Å². The molecule has 0 radical (unpaired) electrons. The number of hydrogen-bond donors (Lipinski definition) is 2. The van der Waals surface area contributed by atoms with Crippen LogP contribution in [0.15, 0.2) is 36.1 Å². The molecule has 0 atom stereocenters. The Bertz CT molecular complexity index is 340. The summed E-state index contributed by atoms with van der Waals surface area (Å²) in [5.74, 6) is -0.336. The minimum absolute atomic E-state index is 0.240. The quantitative estimate of drug-likeness (QED) is 0.266. The molecule has 120 valence electrons. The van der Waals surface area contributed by atoms with Crippen LogP contribution in [0.4, 0.5) is 0 Å². The fraction of sp³-hybridized carbons (Fsp3) is 0.611. The maximum Gasteiger partial charge on any atom is 0.303 e. The van der Waals surface area contributed by atoms with Gasteiger partial charge in [0.1, 0.15) is 0 Å². The normalized spacial score (nSPS) is 12.5. The molecule has 0 heterocycles. The number of aliphatic carboxylic acids is 1. The van der Waals surface area contributed by atoms with E-state index in [1.165, 1.54) is 19.3 Å². The summed E-state index contributed by atoms with van der Waals surface area (Å²) in [5.41, 5.74) is 0. The number of carboxylic acids is 1. The van der Waals surface area contributed by atoms with Gasteiger partial charge in [-0.3, -0.25) is 4.79 Å². The van der Waals surface area contributed by atoms with Crippen LogP contribution in [0.1, 0.15) is 71.1 Å². The zero-order chi connectivity index (χ0) is 15.8. The molecule has 0 rings (SSSR count). The molecule has 0 spiro atoms. The molecule has 0 saturated heterocycles. The average Bonchev–Trinajstić information content (AvgIpc) is 2.45. The first kappa shape index (κ1) is 19.5. The molecule has 21 heavy (non-hydrogen) atoms. The van der Waals surface area contributed by atoms with E-state index in [2.05, 4.69) is 19.1 Å². The third-order valence-corrected chi connectivity index (χ3v) is 3.14. The highest BCUT2D eigenvalue weighted by molar-refractivity contribution is 5.66. The van der Waals surface area contributed by atoms with Crippen LogP contribution in [0.3, 0.4) is 0 Å². The van der Waals surface area contributed by atoms with Gasteiger partial charge in [-0.05, 0) is 44.6 Å². The largest absolute Gasteiger partial charge is 0.512 e. The lowest BCUT2D eigenvalue weighted by atomic mass is 10.1. The van der Waals surface area contributed by atoms with Crippen molar-refractivity contribution in [1.29, 1.82) is 0 Å². The van der Waals surface area contributed by atoms with E-state index in [0.29, 0.717) is 18.6 Å². The molecule has 0 aliphatic carbocycles. The van der Waals surface area contributed by atoms with E-state index in [0.717, 1.165) is 25.7 Å². The van der Waals surface area contributed by atoms with Gasteiger partial charge in [0.25, 0.3) is 0 Å². The molecule has 2 N–H and O–H groups in total. The zero-order valence-electron chi connectivity index (χ0n) is 13.3. The Hall–Kier alpha value is -1.51. The van der Waals surface area contributed by atoms with Crippen LogP contribution in [0.25, 0.3) is 0 Å². The fourth-order valence-corrected chi connectivity index (χ4v) is 1.87. The standard InChI is InChI=1S/C18H30O3/c1-2-3-4-5-6-8-11-14-17(19)15-12-9-7-10-13-16-18(20)21/h6,8-9,12,14,19H,2-5,7,10-11,13,15-16H2,1H3,(H,20,21)/b8-6-,12-9-,17-14+. The Morgan fingerprint density at radius 3 is 2.24 bits per heavy atom. The maximum atomic E-state index is 10.3. The second-order valence-electron chi connectivity index (χ2n) is 5.21. The molecule has 0 aromatic rings. The van der Waals surface area contributed by atoms with Gasteiger partial charge in [0.2, 0.25) is 0 Å². The van der Waals surface area contributed by atoms with E-state index in [4.69, 9.17) is 5.11 Å². The van der Waals surface area contributed by atoms with Crippen LogP contribution in [-0.2, 0) is 4.79 Å². The Morgan fingerprint density at radius 1 is 0.905 bits per heavy atom. The zero-order valence-corrected chi connectivity index (χ0v) is 13.3. The number of allylic oxidation sites excluding steroid dienone is 5. The minimum atomic E-state index is -0.734. The highest BCUT2D eigenvalue weighted by Crippen LogP contribution is 2.05. The van der Waals surface area contributed by atoms with Crippen molar-refractivity contribution < 1.29 is 15.0 Å². The summed E-state index contributed by atoms with van der Waals surface area (Å²) in [4.78, 5) is 10.3. The van der Waals surface area contributed by atoms with E-state index in [-0.39, 0.29) is 6.42 Å². The lowest BCUT2D eigenvalue weighted by Crippen LogP contribution is -1.92. The molecule has 0 fully saturated rings. The Kier molecular flexibility index (Phi) is 13.8. The Balaban J connectivity index is 3.56. The molecular weight excluding hydrogens is 264 g/mol. The average molecular weight is 294 g/mol. The van der Waals surface area contributed by atoms with Crippen molar-refractivity contribution in [2.75, 3.05) is 0 Å². The smallest absolute Gasteiger partial charge is 0.303 e. The molecule has 0 unspecified atom stereocenters. The van der Waals surface area contributed by atoms with Gasteiger partial charge in [-0.1, -0.05) is 44.1 Å². The van der Waals surface area contributed by atoms with Gasteiger partial charge in [-0.2, -0.15) is 0 Å². The summed E-state index contributed by atoms with van der Waals surface area (Å²) in [7, 11) is 0. The Morgan fingerprint density at radius 2 is 1.57 bits per heavy atom. The second-order valence-corrected chi connectivity index (χ2v) is 5.21. The minimum Gasteiger partial charge on any atom is -0.512 e. The van der Waals surface area contributed by atoms with E-state index in [9.17, 15) is 9.90 Å². The van der Waals surface area contributed by atoms with Crippen molar-refractivity contribution in [3.63, 3.8) is 0 Å². The van der Waals surface area contributed by atoms with Gasteiger partial charge < -0.3 is 10.2 Å². The number of unbranched alkanes of at least 4 members (excludes halogenated alkanes) is 5. The first-order chi connectivity index (χ1) is 10.2. The SMILES string of the molecule is CCCCC/C=C\C/C=C(/O)C/C=C\CCCCC(=O)O. The number of carboxylic acid groups (broad SMARTS) is 1. The summed E-state index contributed by atoms with van der Waals surface area (Å²) in [6.07, 6.45) is 19.0. The number of carbonyl (C=O) groups is 1. The lowest BCUT2D eigenvalue weighted by molar-refractivity contribution is -0.137. The van der Waals surface area contributed by atoms with Crippen LogP contribution < -0.4 is 0 Å². The van der Waals surface area contributed by atoms with Crippen molar-refractivity contribution in [3.05, 3.63) is 36.1 Å². The third kappa shape index (κ3) is 16.4. The molecule has 3 nitrogen and oxygen atoms in total. The molecule has 0 aromatic carbocycles. The van der Waals surface area contributed by atoms with Gasteiger partial charge >= 0.3 is 5.97 Å². The molecule has 0 aliphatic heterocycles. The maximum absolute atomic E-state index is 10.3. The molecule has 0 amide bonds. The summed E-state index contributed by atoms with van der Waals surface area (Å²) in [6, 6.07) is 0. The predicted molar refractivity (Wildman–Crippen MR) is 88.5 cm³/mol. The summed E-state index contributed by atoms with van der Waals surface area (Å²) < 4.78 is 0. The van der Waals surface area contributed by atoms with Crippen LogP contribution in [0.5, 0.6) is 0 Å². The third-order valence-electron chi connectivity index (χ3n) is 3.14. The second kappa shape index (κ2) is 14.9. The van der Waals surface area contributed by atoms with E-state index in [1.807, 2.05) is 18.2 Å². The van der Waals surface area contributed by atoms with Gasteiger partial charge in [0.15, 0.2) is 0 Å². The topological polar surface area (TPSA) is 57.5 Å². The van der Waals surface area contributed by atoms with Crippen LogP contribution in [0, 0.1) is 0 Å². The van der Waals surface area contributed by atoms with E-state index >= 15 is 0 Å².